The summed E-state index contributed by atoms with van der Waals surface area (Å²) in [5.74, 6) is 0. The lowest BCUT2D eigenvalue weighted by molar-refractivity contribution is 1.13. The van der Waals surface area contributed by atoms with E-state index < -0.39 is 0 Å². The maximum Gasteiger partial charge on any atom is -0.00242 e. The Bertz CT molecular complexity index is 501. The number of benzene rings is 1. The van der Waals surface area contributed by atoms with Gasteiger partial charge < -0.3 is 5.73 Å². The third-order valence-electron chi connectivity index (χ3n) is 2.58. The molecule has 0 unspecified atom stereocenters. The van der Waals surface area contributed by atoms with E-state index in [4.69, 9.17) is 5.73 Å². The molecular formula is C23H39N. The number of aryl methyl sites for hydroxylation is 2. The normalized spacial score (nSPS) is 9.58. The molecule has 0 atom stereocenters. The van der Waals surface area contributed by atoms with E-state index in [1.54, 1.807) is 6.92 Å². The number of allylic oxidation sites excluding steroid dienone is 6. The maximum atomic E-state index is 4.92. The first-order chi connectivity index (χ1) is 11.2. The van der Waals surface area contributed by atoms with Gasteiger partial charge in [-0.2, -0.15) is 0 Å². The fourth-order valence-electron chi connectivity index (χ4n) is 1.30. The van der Waals surface area contributed by atoms with Gasteiger partial charge in [-0.15, -0.1) is 0 Å². The van der Waals surface area contributed by atoms with Gasteiger partial charge in [-0.3, -0.25) is 0 Å². The number of nitrogens with two attached hydrogens (primary N) is 1. The third-order valence-corrected chi connectivity index (χ3v) is 2.58. The Balaban J connectivity index is -0.000000279. The van der Waals surface area contributed by atoms with Crippen LogP contribution in [-0.2, 0) is 6.42 Å². The van der Waals surface area contributed by atoms with Crippen LogP contribution >= 0.6 is 0 Å². The summed E-state index contributed by atoms with van der Waals surface area (Å²) in [6.45, 7) is 23.2. The molecule has 1 aromatic carbocycles. The quantitative estimate of drug-likeness (QED) is 0.585. The largest absolute Gasteiger partial charge is 0.403 e. The van der Waals surface area contributed by atoms with Crippen molar-refractivity contribution < 1.29 is 0 Å². The second kappa shape index (κ2) is 19.0. The highest BCUT2D eigenvalue weighted by Crippen LogP contribution is 2.03. The molecule has 1 nitrogen and oxygen atoms in total. The molecule has 0 saturated carbocycles. The van der Waals surface area contributed by atoms with Crippen LogP contribution in [0.5, 0.6) is 0 Å². The van der Waals surface area contributed by atoms with Gasteiger partial charge in [-0.25, -0.2) is 0 Å². The molecule has 1 heteroatoms. The van der Waals surface area contributed by atoms with Gasteiger partial charge >= 0.3 is 0 Å². The minimum atomic E-state index is 0.667. The van der Waals surface area contributed by atoms with E-state index in [1.807, 2.05) is 33.8 Å². The summed E-state index contributed by atoms with van der Waals surface area (Å²) in [4.78, 5) is 0. The van der Waals surface area contributed by atoms with Crippen molar-refractivity contribution in [3.05, 3.63) is 83.6 Å². The second-order valence-corrected chi connectivity index (χ2v) is 5.40. The Kier molecular flexibility index (Phi) is 21.3. The zero-order chi connectivity index (χ0) is 19.5. The molecular weight excluding hydrogens is 290 g/mol. The predicted octanol–water partition coefficient (Wildman–Crippen LogP) is 7.15. The summed E-state index contributed by atoms with van der Waals surface area (Å²) >= 11 is 0. The number of rotatable bonds is 3. The van der Waals surface area contributed by atoms with Gasteiger partial charge in [-0.1, -0.05) is 93.1 Å². The van der Waals surface area contributed by atoms with Crippen molar-refractivity contribution in [2.75, 3.05) is 0 Å². The minimum Gasteiger partial charge on any atom is -0.403 e. The molecule has 0 aromatic heterocycles. The van der Waals surface area contributed by atoms with Gasteiger partial charge in [0, 0.05) is 0 Å². The van der Waals surface area contributed by atoms with Gasteiger partial charge in [-0.05, 0) is 52.3 Å². The molecule has 0 radical (unpaired) electrons. The van der Waals surface area contributed by atoms with E-state index in [-0.39, 0.29) is 0 Å². The highest BCUT2D eigenvalue weighted by atomic mass is 14.5. The molecule has 0 aliphatic carbocycles. The number of hydrogen-bond donors (Lipinski definition) is 1. The van der Waals surface area contributed by atoms with Crippen molar-refractivity contribution in [3.8, 4) is 0 Å². The fourth-order valence-corrected chi connectivity index (χ4v) is 1.30. The first-order valence-electron chi connectivity index (χ1n) is 8.65. The average molecular weight is 330 g/mol. The maximum absolute atomic E-state index is 4.92. The molecule has 24 heavy (non-hydrogen) atoms. The van der Waals surface area contributed by atoms with Crippen molar-refractivity contribution in [2.24, 2.45) is 5.73 Å². The second-order valence-electron chi connectivity index (χ2n) is 5.40. The third kappa shape index (κ3) is 25.0. The van der Waals surface area contributed by atoms with Crippen LogP contribution in [0.15, 0.2) is 72.5 Å². The Hall–Kier alpha value is -2.02. The molecule has 1 aromatic rings. The van der Waals surface area contributed by atoms with Crippen molar-refractivity contribution in [3.63, 3.8) is 0 Å². The van der Waals surface area contributed by atoms with Crippen molar-refractivity contribution in [2.45, 2.75) is 61.8 Å². The Labute approximate surface area is 151 Å². The lowest BCUT2D eigenvalue weighted by Gasteiger charge is -1.95. The SMILES string of the molecule is C=C(C)/C=C\C(C)=C/C.C=C(C)N.CC.CCc1cccc(C)c1. The van der Waals surface area contributed by atoms with Crippen LogP contribution in [0.4, 0.5) is 0 Å². The van der Waals surface area contributed by atoms with Gasteiger partial charge in [0.15, 0.2) is 0 Å². The van der Waals surface area contributed by atoms with Crippen LogP contribution in [-0.4, -0.2) is 0 Å². The van der Waals surface area contributed by atoms with Gasteiger partial charge in [0.2, 0.25) is 0 Å². The van der Waals surface area contributed by atoms with Crippen molar-refractivity contribution in [1.82, 2.24) is 0 Å². The molecule has 0 fully saturated rings. The summed E-state index contributed by atoms with van der Waals surface area (Å²) in [5.41, 5.74) is 10.7. The summed E-state index contributed by atoms with van der Waals surface area (Å²) in [5, 5.41) is 0. The van der Waals surface area contributed by atoms with E-state index in [0.717, 1.165) is 12.0 Å². The molecule has 0 aliphatic rings. The standard InChI is InChI=1S/C9H12.C9H14.C3H7N.C2H6/c1-3-9-6-4-5-8(2)7-9;1-5-9(4)7-6-8(2)3;1-3(2)4;1-2/h4-7H,3H2,1-2H3;5-7H,2H2,1,3-4H3;1,4H2,2H3;1-2H3/b;7-6-,9-5-;;. The van der Waals surface area contributed by atoms with E-state index in [1.165, 1.54) is 16.7 Å². The van der Waals surface area contributed by atoms with E-state index in [0.29, 0.717) is 5.70 Å². The molecule has 0 amide bonds. The smallest absolute Gasteiger partial charge is 0.00242 e. The van der Waals surface area contributed by atoms with Gasteiger partial charge in [0.25, 0.3) is 0 Å². The summed E-state index contributed by atoms with van der Waals surface area (Å²) < 4.78 is 0. The molecule has 1 rings (SSSR count). The topological polar surface area (TPSA) is 26.0 Å². The minimum absolute atomic E-state index is 0.667. The number of hydrogen-bond acceptors (Lipinski definition) is 1. The highest BCUT2D eigenvalue weighted by molar-refractivity contribution is 5.23. The Morgan fingerprint density at radius 3 is 1.88 bits per heavy atom. The van der Waals surface area contributed by atoms with E-state index >= 15 is 0 Å². The summed E-state index contributed by atoms with van der Waals surface area (Å²) in [7, 11) is 0. The van der Waals surface area contributed by atoms with Gasteiger partial charge in [0.05, 0.1) is 0 Å². The van der Waals surface area contributed by atoms with Crippen LogP contribution in [0.1, 0.15) is 59.6 Å². The monoisotopic (exact) mass is 329 g/mol. The first kappa shape index (κ1) is 26.9. The van der Waals surface area contributed by atoms with Crippen molar-refractivity contribution >= 4 is 0 Å². The lowest BCUT2D eigenvalue weighted by atomic mass is 10.1. The van der Waals surface area contributed by atoms with Crippen LogP contribution in [0.25, 0.3) is 0 Å². The predicted molar refractivity (Wildman–Crippen MR) is 114 cm³/mol. The fraction of sp³-hybridized carbons (Fsp3) is 0.391. The van der Waals surface area contributed by atoms with E-state index in [9.17, 15) is 0 Å². The molecule has 2 N–H and O–H groups in total. The van der Waals surface area contributed by atoms with Crippen molar-refractivity contribution in [1.29, 1.82) is 0 Å². The molecule has 0 heterocycles. The first-order valence-corrected chi connectivity index (χ1v) is 8.65. The van der Waals surface area contributed by atoms with Crippen LogP contribution in [0.3, 0.4) is 0 Å². The molecule has 0 aliphatic heterocycles. The van der Waals surface area contributed by atoms with Gasteiger partial charge in [0.1, 0.15) is 0 Å². The molecule has 0 saturated heterocycles. The van der Waals surface area contributed by atoms with E-state index in [2.05, 4.69) is 70.3 Å². The molecule has 0 bridgehead atoms. The average Bonchev–Trinajstić information content (AvgIpc) is 2.54. The Morgan fingerprint density at radius 1 is 1.08 bits per heavy atom. The van der Waals surface area contributed by atoms with Crippen LogP contribution in [0, 0.1) is 6.92 Å². The Morgan fingerprint density at radius 2 is 1.58 bits per heavy atom. The zero-order valence-electron chi connectivity index (χ0n) is 17.2. The molecule has 136 valence electrons. The van der Waals surface area contributed by atoms with Crippen LogP contribution < -0.4 is 5.73 Å². The molecule has 0 spiro atoms. The van der Waals surface area contributed by atoms with Crippen LogP contribution in [0.2, 0.25) is 0 Å². The zero-order valence-corrected chi connectivity index (χ0v) is 17.2. The summed E-state index contributed by atoms with van der Waals surface area (Å²) in [6, 6.07) is 8.61. The highest BCUT2D eigenvalue weighted by Gasteiger charge is 1.85. The lowest BCUT2D eigenvalue weighted by Crippen LogP contribution is -1.83. The summed E-state index contributed by atoms with van der Waals surface area (Å²) in [6.07, 6.45) is 7.28.